The zero-order valence-corrected chi connectivity index (χ0v) is 14.1. The Balaban J connectivity index is 2.06. The molecule has 1 amide bonds. The first-order valence-electron chi connectivity index (χ1n) is 7.47. The molecular weight excluding hydrogens is 320 g/mol. The van der Waals surface area contributed by atoms with Gasteiger partial charge in [0.25, 0.3) is 5.91 Å². The third-order valence-corrected chi connectivity index (χ3v) is 4.08. The molecule has 0 spiro atoms. The van der Waals surface area contributed by atoms with E-state index in [1.165, 1.54) is 14.2 Å². The van der Waals surface area contributed by atoms with Crippen molar-refractivity contribution >= 4 is 23.5 Å². The summed E-state index contributed by atoms with van der Waals surface area (Å²) in [6.07, 6.45) is 0.797. The number of nitrogens with zero attached hydrogens (tertiary/aromatic N) is 2. The van der Waals surface area contributed by atoms with Crippen molar-refractivity contribution in [3.63, 3.8) is 0 Å². The van der Waals surface area contributed by atoms with Crippen molar-refractivity contribution in [2.24, 2.45) is 0 Å². The van der Waals surface area contributed by atoms with Crippen LogP contribution in [0.4, 0.5) is 0 Å². The second kappa shape index (κ2) is 8.17. The largest absolute Gasteiger partial charge is 0.496 e. The fourth-order valence-corrected chi connectivity index (χ4v) is 2.77. The Morgan fingerprint density at radius 1 is 1.17 bits per heavy atom. The van der Waals surface area contributed by atoms with Gasteiger partial charge in [0, 0.05) is 31.2 Å². The molecule has 126 valence electrons. The molecule has 1 heterocycles. The topological polar surface area (TPSA) is 59.1 Å². The van der Waals surface area contributed by atoms with Crippen molar-refractivity contribution < 1.29 is 19.1 Å². The molecule has 2 rings (SSSR count). The van der Waals surface area contributed by atoms with Gasteiger partial charge in [-0.1, -0.05) is 11.6 Å². The maximum Gasteiger partial charge on any atom is 0.319 e. The van der Waals surface area contributed by atoms with Crippen LogP contribution in [0.15, 0.2) is 18.2 Å². The summed E-state index contributed by atoms with van der Waals surface area (Å²) in [5.74, 6) is 0.139. The van der Waals surface area contributed by atoms with Crippen LogP contribution >= 0.6 is 11.6 Å². The Morgan fingerprint density at radius 3 is 2.65 bits per heavy atom. The van der Waals surface area contributed by atoms with Crippen LogP contribution in [0, 0.1) is 0 Å². The van der Waals surface area contributed by atoms with Crippen molar-refractivity contribution in [3.05, 3.63) is 28.8 Å². The number of methoxy groups -OCH3 is 2. The summed E-state index contributed by atoms with van der Waals surface area (Å²) in [5, 5.41) is 0.497. The van der Waals surface area contributed by atoms with E-state index in [0.29, 0.717) is 36.0 Å². The van der Waals surface area contributed by atoms with Crippen LogP contribution in [0.1, 0.15) is 16.8 Å². The summed E-state index contributed by atoms with van der Waals surface area (Å²) in [4.78, 5) is 27.9. The van der Waals surface area contributed by atoms with Crippen molar-refractivity contribution in [3.8, 4) is 5.75 Å². The molecule has 0 bridgehead atoms. The van der Waals surface area contributed by atoms with Gasteiger partial charge >= 0.3 is 5.97 Å². The molecule has 0 aliphatic carbocycles. The molecule has 1 saturated heterocycles. The summed E-state index contributed by atoms with van der Waals surface area (Å²) in [5.41, 5.74) is 0.460. The van der Waals surface area contributed by atoms with Gasteiger partial charge in [-0.25, -0.2) is 0 Å². The molecule has 7 heteroatoms. The van der Waals surface area contributed by atoms with Crippen molar-refractivity contribution in [2.45, 2.75) is 6.42 Å². The molecule has 0 aromatic heterocycles. The third-order valence-electron chi connectivity index (χ3n) is 3.85. The second-order valence-electron chi connectivity index (χ2n) is 5.34. The maximum atomic E-state index is 12.7. The molecule has 0 radical (unpaired) electrons. The lowest BCUT2D eigenvalue weighted by atomic mass is 10.1. The van der Waals surface area contributed by atoms with Gasteiger partial charge in [0.15, 0.2) is 0 Å². The molecule has 0 N–H and O–H groups in total. The average molecular weight is 341 g/mol. The minimum absolute atomic E-state index is 0.107. The summed E-state index contributed by atoms with van der Waals surface area (Å²) < 4.78 is 9.94. The van der Waals surface area contributed by atoms with Gasteiger partial charge in [-0.2, -0.15) is 0 Å². The molecule has 23 heavy (non-hydrogen) atoms. The van der Waals surface area contributed by atoms with E-state index >= 15 is 0 Å². The quantitative estimate of drug-likeness (QED) is 0.780. The maximum absolute atomic E-state index is 12.7. The first kappa shape index (κ1) is 17.6. The molecular formula is C16H21ClN2O4. The number of carbonyl (C=O) groups is 2. The first-order valence-corrected chi connectivity index (χ1v) is 7.85. The fraction of sp³-hybridized carbons (Fsp3) is 0.500. The van der Waals surface area contributed by atoms with Crippen molar-refractivity contribution in [2.75, 3.05) is 46.9 Å². The Hall–Kier alpha value is -1.79. The number of rotatable bonds is 4. The molecule has 1 fully saturated rings. The van der Waals surface area contributed by atoms with Gasteiger partial charge in [0.1, 0.15) is 5.75 Å². The van der Waals surface area contributed by atoms with Crippen LogP contribution in [0.2, 0.25) is 5.02 Å². The summed E-state index contributed by atoms with van der Waals surface area (Å²) >= 11 is 6.00. The normalized spacial score (nSPS) is 15.9. The minimum atomic E-state index is -0.263. The van der Waals surface area contributed by atoms with Crippen LogP contribution in [-0.2, 0) is 9.53 Å². The van der Waals surface area contributed by atoms with E-state index in [9.17, 15) is 9.59 Å². The Morgan fingerprint density at radius 2 is 1.96 bits per heavy atom. The number of carbonyl (C=O) groups excluding carboxylic acids is 2. The van der Waals surface area contributed by atoms with Gasteiger partial charge in [0.05, 0.1) is 26.3 Å². The summed E-state index contributed by atoms with van der Waals surface area (Å²) in [6.45, 7) is 2.81. The van der Waals surface area contributed by atoms with E-state index in [0.717, 1.165) is 13.0 Å². The van der Waals surface area contributed by atoms with Crippen LogP contribution in [-0.4, -0.2) is 68.6 Å². The number of amides is 1. The zero-order chi connectivity index (χ0) is 16.8. The molecule has 0 saturated carbocycles. The highest BCUT2D eigenvalue weighted by Gasteiger charge is 2.23. The van der Waals surface area contributed by atoms with E-state index in [4.69, 9.17) is 16.3 Å². The zero-order valence-electron chi connectivity index (χ0n) is 13.4. The van der Waals surface area contributed by atoms with E-state index in [1.807, 2.05) is 4.90 Å². The number of hydrogen-bond donors (Lipinski definition) is 0. The predicted molar refractivity (Wildman–Crippen MR) is 87.0 cm³/mol. The van der Waals surface area contributed by atoms with E-state index in [2.05, 4.69) is 4.74 Å². The van der Waals surface area contributed by atoms with Gasteiger partial charge in [-0.15, -0.1) is 0 Å². The van der Waals surface area contributed by atoms with Crippen LogP contribution < -0.4 is 4.74 Å². The highest BCUT2D eigenvalue weighted by atomic mass is 35.5. The lowest BCUT2D eigenvalue weighted by molar-refractivity contribution is -0.141. The lowest BCUT2D eigenvalue weighted by Gasteiger charge is -2.22. The fourth-order valence-electron chi connectivity index (χ4n) is 2.60. The first-order chi connectivity index (χ1) is 11.0. The summed E-state index contributed by atoms with van der Waals surface area (Å²) in [7, 11) is 2.90. The smallest absolute Gasteiger partial charge is 0.319 e. The van der Waals surface area contributed by atoms with Gasteiger partial charge in [-0.05, 0) is 24.6 Å². The second-order valence-corrected chi connectivity index (χ2v) is 5.78. The van der Waals surface area contributed by atoms with Crippen molar-refractivity contribution in [1.82, 2.24) is 9.80 Å². The number of ether oxygens (including phenoxy) is 2. The van der Waals surface area contributed by atoms with Crippen LogP contribution in [0.3, 0.4) is 0 Å². The molecule has 1 aromatic carbocycles. The van der Waals surface area contributed by atoms with E-state index < -0.39 is 0 Å². The molecule has 1 aliphatic rings. The molecule has 6 nitrogen and oxygen atoms in total. The Labute approximate surface area is 140 Å². The van der Waals surface area contributed by atoms with Crippen LogP contribution in [0.25, 0.3) is 0 Å². The number of halogens is 1. The molecule has 0 unspecified atom stereocenters. The van der Waals surface area contributed by atoms with Gasteiger partial charge in [0.2, 0.25) is 0 Å². The number of hydrogen-bond acceptors (Lipinski definition) is 5. The van der Waals surface area contributed by atoms with Gasteiger partial charge < -0.3 is 14.4 Å². The van der Waals surface area contributed by atoms with E-state index in [-0.39, 0.29) is 18.4 Å². The number of esters is 1. The predicted octanol–water partition coefficient (Wildman–Crippen LogP) is 1.67. The highest BCUT2D eigenvalue weighted by molar-refractivity contribution is 6.31. The Kier molecular flexibility index (Phi) is 6.24. The molecule has 0 atom stereocenters. The van der Waals surface area contributed by atoms with E-state index in [1.54, 1.807) is 23.1 Å². The molecule has 1 aromatic rings. The lowest BCUT2D eigenvalue weighted by Crippen LogP contribution is -2.37. The Bertz CT molecular complexity index is 579. The number of benzene rings is 1. The minimum Gasteiger partial charge on any atom is -0.496 e. The van der Waals surface area contributed by atoms with Crippen molar-refractivity contribution in [1.29, 1.82) is 0 Å². The summed E-state index contributed by atoms with van der Waals surface area (Å²) in [6, 6.07) is 5.01. The van der Waals surface area contributed by atoms with Crippen LogP contribution in [0.5, 0.6) is 5.75 Å². The third kappa shape index (κ3) is 4.59. The highest BCUT2D eigenvalue weighted by Crippen LogP contribution is 2.24. The van der Waals surface area contributed by atoms with Gasteiger partial charge in [-0.3, -0.25) is 14.5 Å². The average Bonchev–Trinajstić information content (AvgIpc) is 2.79. The standard InChI is InChI=1S/C16H21ClN2O4/c1-22-14-5-4-12(17)10-13(14)16(21)19-7-3-6-18(8-9-19)11-15(20)23-2/h4-5,10H,3,6-9,11H2,1-2H3. The SMILES string of the molecule is COC(=O)CN1CCCN(C(=O)c2cc(Cl)ccc2OC)CC1. The monoisotopic (exact) mass is 340 g/mol. The molecule has 1 aliphatic heterocycles.